The van der Waals surface area contributed by atoms with Crippen LogP contribution in [0.5, 0.6) is 0 Å². The van der Waals surface area contributed by atoms with Crippen molar-refractivity contribution >= 4 is 11.7 Å². The maximum atomic E-state index is 11.6. The maximum Gasteiger partial charge on any atom is 0.304 e. The summed E-state index contributed by atoms with van der Waals surface area (Å²) in [5, 5.41) is 9.31. The Morgan fingerprint density at radius 3 is 2.77 bits per heavy atom. The van der Waals surface area contributed by atoms with E-state index in [1.807, 2.05) is 41.0 Å². The van der Waals surface area contributed by atoms with E-state index in [0.29, 0.717) is 17.1 Å². The van der Waals surface area contributed by atoms with Crippen LogP contribution in [0.15, 0.2) is 65.9 Å². The molecule has 0 fully saturated rings. The fourth-order valence-corrected chi connectivity index (χ4v) is 3.01. The number of nitrogens with zero attached hydrogens (tertiary/aromatic N) is 4. The average molecular weight is 342 g/mol. The van der Waals surface area contributed by atoms with Gasteiger partial charge < -0.3 is 4.74 Å². The molecule has 0 aliphatic carbocycles. The van der Waals surface area contributed by atoms with E-state index in [4.69, 9.17) is 9.73 Å². The van der Waals surface area contributed by atoms with Crippen molar-refractivity contribution in [2.24, 2.45) is 4.99 Å². The van der Waals surface area contributed by atoms with Crippen LogP contribution in [0.2, 0.25) is 0 Å². The number of carbonyl (C=O) groups excluding carboxylic acids is 1. The molecule has 2 aromatic carbocycles. The van der Waals surface area contributed by atoms with Crippen molar-refractivity contribution in [1.82, 2.24) is 9.55 Å². The van der Waals surface area contributed by atoms with Crippen LogP contribution in [0.4, 0.5) is 0 Å². The number of nitriles is 1. The van der Waals surface area contributed by atoms with Crippen molar-refractivity contribution in [3.8, 4) is 11.8 Å². The van der Waals surface area contributed by atoms with Crippen molar-refractivity contribution in [2.75, 3.05) is 0 Å². The summed E-state index contributed by atoms with van der Waals surface area (Å²) < 4.78 is 7.26. The van der Waals surface area contributed by atoms with Crippen molar-refractivity contribution in [2.45, 2.75) is 13.2 Å². The number of benzene rings is 2. The molecule has 1 aliphatic rings. The molecule has 1 unspecified atom stereocenters. The molecule has 0 amide bonds. The molecule has 26 heavy (non-hydrogen) atoms. The number of esters is 1. The third-order valence-corrected chi connectivity index (χ3v) is 4.10. The number of hydrogen-bond donors (Lipinski definition) is 0. The van der Waals surface area contributed by atoms with Crippen LogP contribution in [0.1, 0.15) is 35.7 Å². The Morgan fingerprint density at radius 1 is 1.23 bits per heavy atom. The Hall–Kier alpha value is -3.72. The Kier molecular flexibility index (Phi) is 3.82. The predicted octanol–water partition coefficient (Wildman–Crippen LogP) is 3.16. The molecule has 1 atom stereocenters. The number of hydrogen-bond acceptors (Lipinski definition) is 5. The normalized spacial score (nSPS) is 15.1. The van der Waals surface area contributed by atoms with Crippen LogP contribution < -0.4 is 0 Å². The lowest BCUT2D eigenvalue weighted by molar-refractivity contribution is -0.146. The highest BCUT2D eigenvalue weighted by Crippen LogP contribution is 2.31. The van der Waals surface area contributed by atoms with E-state index in [1.54, 1.807) is 24.5 Å². The van der Waals surface area contributed by atoms with Gasteiger partial charge in [-0.3, -0.25) is 9.36 Å². The Bertz CT molecular complexity index is 1060. The molecule has 1 aromatic heterocycles. The molecule has 2 heterocycles. The number of aromatic nitrogens is 2. The van der Waals surface area contributed by atoms with Crippen LogP contribution in [-0.4, -0.2) is 21.2 Å². The lowest BCUT2D eigenvalue weighted by Crippen LogP contribution is -2.11. The fraction of sp³-hybridized carbons (Fsp3) is 0.100. The van der Waals surface area contributed by atoms with Crippen molar-refractivity contribution < 1.29 is 9.53 Å². The molecule has 6 heteroatoms. The van der Waals surface area contributed by atoms with E-state index in [-0.39, 0.29) is 0 Å². The Labute approximate surface area is 150 Å². The molecule has 4 rings (SSSR count). The molecule has 1 aliphatic heterocycles. The highest BCUT2D eigenvalue weighted by atomic mass is 16.6. The average Bonchev–Trinajstić information content (AvgIpc) is 3.10. The van der Waals surface area contributed by atoms with Gasteiger partial charge in [0, 0.05) is 30.4 Å². The number of ether oxygens (including phenoxy) is 1. The lowest BCUT2D eigenvalue weighted by atomic mass is 9.98. The summed E-state index contributed by atoms with van der Waals surface area (Å²) in [5.41, 5.74) is 3.65. The summed E-state index contributed by atoms with van der Waals surface area (Å²) in [6.07, 6.45) is 2.56. The molecule has 0 N–H and O–H groups in total. The number of carbonyl (C=O) groups is 1. The zero-order chi connectivity index (χ0) is 18.1. The maximum absolute atomic E-state index is 11.6. The minimum absolute atomic E-state index is 0.440. The van der Waals surface area contributed by atoms with Gasteiger partial charge in [-0.2, -0.15) is 5.26 Å². The summed E-state index contributed by atoms with van der Waals surface area (Å²) in [6, 6.07) is 17.2. The van der Waals surface area contributed by atoms with Gasteiger partial charge in [-0.1, -0.05) is 30.3 Å². The van der Waals surface area contributed by atoms with Crippen molar-refractivity contribution in [3.63, 3.8) is 0 Å². The molecule has 0 saturated heterocycles. The van der Waals surface area contributed by atoms with Crippen molar-refractivity contribution in [1.29, 1.82) is 5.26 Å². The van der Waals surface area contributed by atoms with E-state index in [9.17, 15) is 10.1 Å². The molecule has 0 radical (unpaired) electrons. The summed E-state index contributed by atoms with van der Waals surface area (Å²) in [4.78, 5) is 20.6. The smallest absolute Gasteiger partial charge is 0.304 e. The fourth-order valence-electron chi connectivity index (χ4n) is 3.01. The molecule has 0 spiro atoms. The van der Waals surface area contributed by atoms with Gasteiger partial charge >= 0.3 is 5.97 Å². The Morgan fingerprint density at radius 2 is 2.04 bits per heavy atom. The number of rotatable bonds is 2. The SMILES string of the molecule is CC(=O)OC1N=C(c2ccccc2)c2cc(C#N)ccc2-n2ccnc21. The first-order chi connectivity index (χ1) is 12.7. The lowest BCUT2D eigenvalue weighted by Gasteiger charge is -2.12. The zero-order valence-electron chi connectivity index (χ0n) is 14.0. The molecule has 0 bridgehead atoms. The second-order valence-electron chi connectivity index (χ2n) is 5.80. The van der Waals surface area contributed by atoms with E-state index in [2.05, 4.69) is 11.1 Å². The first kappa shape index (κ1) is 15.8. The number of imidazole rings is 1. The van der Waals surface area contributed by atoms with E-state index >= 15 is 0 Å². The van der Waals surface area contributed by atoms with Crippen LogP contribution in [0.25, 0.3) is 5.69 Å². The summed E-state index contributed by atoms with van der Waals surface area (Å²) in [7, 11) is 0. The van der Waals surface area contributed by atoms with Gasteiger partial charge in [0.2, 0.25) is 0 Å². The van der Waals surface area contributed by atoms with Gasteiger partial charge in [0.05, 0.1) is 23.0 Å². The van der Waals surface area contributed by atoms with Gasteiger partial charge in [0.15, 0.2) is 5.82 Å². The van der Waals surface area contributed by atoms with Gasteiger partial charge in [0.25, 0.3) is 6.23 Å². The monoisotopic (exact) mass is 342 g/mol. The summed E-state index contributed by atoms with van der Waals surface area (Å²) in [5.74, 6) is 0.0708. The first-order valence-electron chi connectivity index (χ1n) is 8.06. The van der Waals surface area contributed by atoms with Crippen molar-refractivity contribution in [3.05, 3.63) is 83.4 Å². The van der Waals surface area contributed by atoms with Gasteiger partial charge in [-0.05, 0) is 18.2 Å². The van der Waals surface area contributed by atoms with Crippen LogP contribution in [-0.2, 0) is 9.53 Å². The van der Waals surface area contributed by atoms with Crippen LogP contribution in [0.3, 0.4) is 0 Å². The van der Waals surface area contributed by atoms with E-state index < -0.39 is 12.2 Å². The van der Waals surface area contributed by atoms with E-state index in [1.165, 1.54) is 6.92 Å². The quantitative estimate of drug-likeness (QED) is 0.670. The van der Waals surface area contributed by atoms with Crippen LogP contribution in [0, 0.1) is 11.3 Å². The molecule has 3 aromatic rings. The minimum Gasteiger partial charge on any atom is -0.432 e. The molecular weight excluding hydrogens is 328 g/mol. The molecule has 126 valence electrons. The largest absolute Gasteiger partial charge is 0.432 e. The number of aliphatic imine (C=N–C) groups is 1. The molecule has 0 saturated carbocycles. The predicted molar refractivity (Wildman–Crippen MR) is 94.9 cm³/mol. The highest BCUT2D eigenvalue weighted by Gasteiger charge is 2.27. The summed E-state index contributed by atoms with van der Waals surface area (Å²) >= 11 is 0. The minimum atomic E-state index is -0.865. The molecular formula is C20H14N4O2. The van der Waals surface area contributed by atoms with Crippen LogP contribution >= 0.6 is 0 Å². The Balaban J connectivity index is 2.02. The standard InChI is InChI=1S/C20H14N4O2/c1-13(25)26-20-19-22-9-10-24(19)17-8-7-14(12-21)11-16(17)18(23-20)15-5-3-2-4-6-15/h2-11,20H,1H3. The highest BCUT2D eigenvalue weighted by molar-refractivity contribution is 6.15. The first-order valence-corrected chi connectivity index (χ1v) is 8.06. The third kappa shape index (κ3) is 2.66. The summed E-state index contributed by atoms with van der Waals surface area (Å²) in [6.45, 7) is 1.34. The van der Waals surface area contributed by atoms with E-state index in [0.717, 1.165) is 16.8 Å². The van der Waals surface area contributed by atoms with Gasteiger partial charge in [0.1, 0.15) is 0 Å². The topological polar surface area (TPSA) is 80.3 Å². The number of fused-ring (bicyclic) bond motifs is 3. The van der Waals surface area contributed by atoms with Gasteiger partial charge in [-0.25, -0.2) is 9.98 Å². The second kappa shape index (κ2) is 6.30. The second-order valence-corrected chi connectivity index (χ2v) is 5.80. The molecule has 6 nitrogen and oxygen atoms in total. The zero-order valence-corrected chi connectivity index (χ0v) is 14.0. The van der Waals surface area contributed by atoms with Gasteiger partial charge in [-0.15, -0.1) is 0 Å². The third-order valence-electron chi connectivity index (χ3n) is 4.10.